The monoisotopic (exact) mass is 384 g/mol. The lowest BCUT2D eigenvalue weighted by atomic mass is 9.89. The molecule has 6 nitrogen and oxygen atoms in total. The minimum absolute atomic E-state index is 0.160. The Morgan fingerprint density at radius 3 is 2.56 bits per heavy atom. The van der Waals surface area contributed by atoms with Crippen LogP contribution in [0, 0.1) is 0 Å². The molecular weight excluding hydrogens is 364 g/mol. The number of aromatic amines is 1. The van der Waals surface area contributed by atoms with E-state index < -0.39 is 15.7 Å². The number of nitrogens with one attached hydrogen (secondary N) is 1. The highest BCUT2D eigenvalue weighted by molar-refractivity contribution is 7.93. The summed E-state index contributed by atoms with van der Waals surface area (Å²) in [5, 5.41) is 0.437. The Labute approximate surface area is 156 Å². The first-order valence-corrected chi connectivity index (χ1v) is 10.8. The summed E-state index contributed by atoms with van der Waals surface area (Å²) >= 11 is 0. The molecule has 3 aromatic rings. The van der Waals surface area contributed by atoms with Crippen LogP contribution in [0.4, 0.5) is 0 Å². The predicted octanol–water partition coefficient (Wildman–Crippen LogP) is 3.35. The summed E-state index contributed by atoms with van der Waals surface area (Å²) in [7, 11) is -2.97. The third kappa shape index (κ3) is 2.45. The van der Waals surface area contributed by atoms with E-state index in [4.69, 9.17) is 10.2 Å². The normalized spacial score (nSPS) is 26.4. The van der Waals surface area contributed by atoms with Crippen molar-refractivity contribution in [3.63, 3.8) is 0 Å². The van der Waals surface area contributed by atoms with Gasteiger partial charge >= 0.3 is 0 Å². The standard InChI is InChI=1S/C20H20N2O4S/c21-20(23)16-9-12(18-2-1-5-26-18)8-15-17(10-22-19(15)16)11-6-13-3-4-14(7-11)27(13,24)25/h1-2,5,8-11,13-14,22H,3-4,6-7H2,(H2,21,23). The highest BCUT2D eigenvalue weighted by Gasteiger charge is 2.47. The summed E-state index contributed by atoms with van der Waals surface area (Å²) in [6.07, 6.45) is 6.30. The van der Waals surface area contributed by atoms with E-state index in [0.717, 1.165) is 29.4 Å². The quantitative estimate of drug-likeness (QED) is 0.722. The molecule has 0 spiro atoms. The molecule has 140 valence electrons. The number of carbonyl (C=O) groups excluding carboxylic acids is 1. The number of hydrogen-bond acceptors (Lipinski definition) is 4. The molecule has 27 heavy (non-hydrogen) atoms. The zero-order valence-electron chi connectivity index (χ0n) is 14.6. The van der Waals surface area contributed by atoms with Crippen LogP contribution in [0.1, 0.15) is 47.5 Å². The van der Waals surface area contributed by atoms with Gasteiger partial charge in [0.25, 0.3) is 5.91 Å². The SMILES string of the molecule is NC(=O)c1cc(-c2ccco2)cc2c(C3CC4CCC(C3)S4(=O)=O)c[nH]c12. The summed E-state index contributed by atoms with van der Waals surface area (Å²) in [5.74, 6) is 0.318. The van der Waals surface area contributed by atoms with Gasteiger partial charge in [0, 0.05) is 17.1 Å². The molecule has 7 heteroatoms. The maximum Gasteiger partial charge on any atom is 0.250 e. The number of aromatic nitrogens is 1. The number of rotatable bonds is 3. The van der Waals surface area contributed by atoms with Crippen LogP contribution in [0.2, 0.25) is 0 Å². The fourth-order valence-electron chi connectivity index (χ4n) is 4.83. The average Bonchev–Trinajstić information content (AvgIpc) is 3.31. The Hall–Kier alpha value is -2.54. The van der Waals surface area contributed by atoms with E-state index in [1.165, 1.54) is 0 Å². The van der Waals surface area contributed by atoms with Crippen molar-refractivity contribution in [3.8, 4) is 11.3 Å². The maximum absolute atomic E-state index is 12.4. The van der Waals surface area contributed by atoms with Crippen molar-refractivity contribution in [2.45, 2.75) is 42.1 Å². The molecule has 4 heterocycles. The largest absolute Gasteiger partial charge is 0.464 e. The molecule has 0 aliphatic carbocycles. The molecule has 5 rings (SSSR count). The molecule has 2 saturated heterocycles. The molecule has 2 bridgehead atoms. The van der Waals surface area contributed by atoms with E-state index in [1.54, 1.807) is 18.4 Å². The first-order chi connectivity index (χ1) is 12.9. The minimum Gasteiger partial charge on any atom is -0.464 e. The molecule has 0 saturated carbocycles. The summed E-state index contributed by atoms with van der Waals surface area (Å²) in [5.41, 5.74) is 8.57. The lowest BCUT2D eigenvalue weighted by Gasteiger charge is -2.27. The van der Waals surface area contributed by atoms with Crippen molar-refractivity contribution >= 4 is 26.6 Å². The van der Waals surface area contributed by atoms with Crippen molar-refractivity contribution in [1.82, 2.24) is 4.98 Å². The molecule has 1 amide bonds. The van der Waals surface area contributed by atoms with Crippen LogP contribution in [-0.2, 0) is 9.84 Å². The number of primary amides is 1. The summed E-state index contributed by atoms with van der Waals surface area (Å²) < 4.78 is 30.3. The van der Waals surface area contributed by atoms with Gasteiger partial charge in [-0.25, -0.2) is 8.42 Å². The van der Waals surface area contributed by atoms with Gasteiger partial charge in [-0.2, -0.15) is 0 Å². The average molecular weight is 384 g/mol. The number of benzene rings is 1. The summed E-state index contributed by atoms with van der Waals surface area (Å²) in [4.78, 5) is 15.2. The third-order valence-corrected chi connectivity index (χ3v) is 8.88. The fraction of sp³-hybridized carbons (Fsp3) is 0.350. The van der Waals surface area contributed by atoms with Gasteiger partial charge in [0.05, 0.1) is 27.8 Å². The molecule has 2 aliphatic rings. The van der Waals surface area contributed by atoms with Gasteiger partial charge in [0.1, 0.15) is 5.76 Å². The zero-order chi connectivity index (χ0) is 18.8. The van der Waals surface area contributed by atoms with Crippen LogP contribution in [0.15, 0.2) is 41.1 Å². The number of H-pyrrole nitrogens is 1. The van der Waals surface area contributed by atoms with E-state index in [1.807, 2.05) is 18.3 Å². The van der Waals surface area contributed by atoms with E-state index in [9.17, 15) is 13.2 Å². The van der Waals surface area contributed by atoms with Gasteiger partial charge in [0.15, 0.2) is 9.84 Å². The van der Waals surface area contributed by atoms with Crippen LogP contribution < -0.4 is 5.73 Å². The number of fused-ring (bicyclic) bond motifs is 3. The Morgan fingerprint density at radius 1 is 1.19 bits per heavy atom. The summed E-state index contributed by atoms with van der Waals surface area (Å²) in [6.45, 7) is 0. The number of sulfone groups is 1. The molecule has 3 N–H and O–H groups in total. The Balaban J connectivity index is 1.65. The lowest BCUT2D eigenvalue weighted by molar-refractivity contribution is 0.100. The minimum atomic E-state index is -2.97. The van der Waals surface area contributed by atoms with Gasteiger partial charge in [-0.05, 0) is 61.4 Å². The Morgan fingerprint density at radius 2 is 1.93 bits per heavy atom. The molecular formula is C20H20N2O4S. The van der Waals surface area contributed by atoms with Crippen molar-refractivity contribution < 1.29 is 17.6 Å². The fourth-order valence-corrected chi connectivity index (χ4v) is 7.31. The van der Waals surface area contributed by atoms with Gasteiger partial charge in [0.2, 0.25) is 0 Å². The molecule has 2 aliphatic heterocycles. The van der Waals surface area contributed by atoms with Crippen molar-refractivity contribution in [2.24, 2.45) is 5.73 Å². The van der Waals surface area contributed by atoms with Crippen LogP contribution >= 0.6 is 0 Å². The molecule has 2 aromatic heterocycles. The molecule has 2 fully saturated rings. The second-order valence-electron chi connectivity index (χ2n) is 7.61. The Kier molecular flexibility index (Phi) is 3.53. The van der Waals surface area contributed by atoms with E-state index in [2.05, 4.69) is 4.98 Å². The predicted molar refractivity (Wildman–Crippen MR) is 102 cm³/mol. The van der Waals surface area contributed by atoms with Gasteiger partial charge in [-0.3, -0.25) is 4.79 Å². The molecule has 2 unspecified atom stereocenters. The van der Waals surface area contributed by atoms with Crippen molar-refractivity contribution in [3.05, 3.63) is 47.9 Å². The van der Waals surface area contributed by atoms with Crippen LogP contribution in [-0.4, -0.2) is 29.8 Å². The van der Waals surface area contributed by atoms with Gasteiger partial charge in [-0.1, -0.05) is 0 Å². The highest BCUT2D eigenvalue weighted by atomic mass is 32.2. The van der Waals surface area contributed by atoms with E-state index >= 15 is 0 Å². The summed E-state index contributed by atoms with van der Waals surface area (Å²) in [6, 6.07) is 7.37. The first-order valence-electron chi connectivity index (χ1n) is 9.16. The number of nitrogens with two attached hydrogens (primary N) is 1. The van der Waals surface area contributed by atoms with Crippen LogP contribution in [0.5, 0.6) is 0 Å². The number of hydrogen-bond donors (Lipinski definition) is 2. The zero-order valence-corrected chi connectivity index (χ0v) is 15.5. The maximum atomic E-state index is 12.4. The molecule has 0 radical (unpaired) electrons. The smallest absolute Gasteiger partial charge is 0.250 e. The lowest BCUT2D eigenvalue weighted by Crippen LogP contribution is -2.31. The van der Waals surface area contributed by atoms with Crippen molar-refractivity contribution in [1.29, 1.82) is 0 Å². The number of furan rings is 1. The van der Waals surface area contributed by atoms with Crippen molar-refractivity contribution in [2.75, 3.05) is 0 Å². The van der Waals surface area contributed by atoms with Gasteiger partial charge < -0.3 is 15.1 Å². The second-order valence-corrected chi connectivity index (χ2v) is 10.1. The van der Waals surface area contributed by atoms with Crippen LogP contribution in [0.3, 0.4) is 0 Å². The number of amides is 1. The van der Waals surface area contributed by atoms with Gasteiger partial charge in [-0.15, -0.1) is 0 Å². The van der Waals surface area contributed by atoms with Crippen LogP contribution in [0.25, 0.3) is 22.2 Å². The topological polar surface area (TPSA) is 106 Å². The highest BCUT2D eigenvalue weighted by Crippen LogP contribution is 2.47. The number of carbonyl (C=O) groups is 1. The Bertz CT molecular complexity index is 1120. The van der Waals surface area contributed by atoms with E-state index in [0.29, 0.717) is 29.7 Å². The third-order valence-electron chi connectivity index (χ3n) is 6.17. The van der Waals surface area contributed by atoms with E-state index in [-0.39, 0.29) is 16.4 Å². The molecule has 1 aromatic carbocycles. The second kappa shape index (κ2) is 5.73. The first kappa shape index (κ1) is 16.6. The molecule has 2 atom stereocenters.